The van der Waals surface area contributed by atoms with Crippen molar-refractivity contribution in [2.75, 3.05) is 6.61 Å². The van der Waals surface area contributed by atoms with Gasteiger partial charge in [-0.05, 0) is 39.7 Å². The Bertz CT molecular complexity index is 422. The normalized spacial score (nSPS) is 16.4. The van der Waals surface area contributed by atoms with Crippen molar-refractivity contribution in [1.82, 2.24) is 4.72 Å². The monoisotopic (exact) mass is 311 g/mol. The zero-order valence-corrected chi connectivity index (χ0v) is 14.7. The van der Waals surface area contributed by atoms with E-state index in [1.807, 2.05) is 45.9 Å². The maximum Gasteiger partial charge on any atom is 0.0976 e. The number of hydrogen-bond acceptors (Lipinski definition) is 2. The van der Waals surface area contributed by atoms with Gasteiger partial charge in [-0.1, -0.05) is 43.7 Å². The van der Waals surface area contributed by atoms with Gasteiger partial charge in [-0.25, -0.2) is 8.93 Å². The third-order valence-electron chi connectivity index (χ3n) is 3.27. The smallest absolute Gasteiger partial charge is 0.0976 e. The Morgan fingerprint density at radius 1 is 1.19 bits per heavy atom. The summed E-state index contributed by atoms with van der Waals surface area (Å²) in [5.74, 6) is 0. The van der Waals surface area contributed by atoms with Gasteiger partial charge in [0.1, 0.15) is 0 Å². The molecule has 21 heavy (non-hydrogen) atoms. The number of benzene rings is 1. The molecule has 0 unspecified atom stereocenters. The minimum Gasteiger partial charge on any atom is -0.376 e. The van der Waals surface area contributed by atoms with Crippen LogP contribution >= 0.6 is 0 Å². The minimum absolute atomic E-state index is 0.0358. The van der Waals surface area contributed by atoms with Crippen LogP contribution in [0.2, 0.25) is 0 Å². The number of nitrogens with one attached hydrogen (secondary N) is 1. The summed E-state index contributed by atoms with van der Waals surface area (Å²) in [7, 11) is -1.13. The number of ether oxygens (including phenoxy) is 1. The summed E-state index contributed by atoms with van der Waals surface area (Å²) in [6.07, 6.45) is 2.02. The van der Waals surface area contributed by atoms with Crippen molar-refractivity contribution in [3.05, 3.63) is 35.9 Å². The van der Waals surface area contributed by atoms with Crippen LogP contribution in [0.1, 0.15) is 59.1 Å². The molecule has 1 aromatic carbocycles. The van der Waals surface area contributed by atoms with Crippen LogP contribution in [0.5, 0.6) is 0 Å². The second-order valence-corrected chi connectivity index (χ2v) is 8.17. The fourth-order valence-corrected chi connectivity index (χ4v) is 3.03. The highest BCUT2D eigenvalue weighted by Crippen LogP contribution is 2.25. The van der Waals surface area contributed by atoms with E-state index in [0.29, 0.717) is 6.61 Å². The van der Waals surface area contributed by atoms with Crippen LogP contribution in [0.3, 0.4) is 0 Å². The van der Waals surface area contributed by atoms with Crippen molar-refractivity contribution >= 4 is 11.0 Å². The van der Waals surface area contributed by atoms with Gasteiger partial charge in [-0.2, -0.15) is 0 Å². The molecule has 0 saturated carbocycles. The molecule has 0 aliphatic heterocycles. The predicted molar refractivity (Wildman–Crippen MR) is 90.5 cm³/mol. The molecule has 0 heterocycles. The summed E-state index contributed by atoms with van der Waals surface area (Å²) < 4.78 is 21.4. The summed E-state index contributed by atoms with van der Waals surface area (Å²) in [6.45, 7) is 10.8. The topological polar surface area (TPSA) is 38.3 Å². The van der Waals surface area contributed by atoms with Gasteiger partial charge in [-0.15, -0.1) is 0 Å². The maximum absolute atomic E-state index is 12.5. The van der Waals surface area contributed by atoms with E-state index in [4.69, 9.17) is 4.74 Å². The van der Waals surface area contributed by atoms with Crippen molar-refractivity contribution in [1.29, 1.82) is 0 Å². The Balaban J connectivity index is 3.01. The van der Waals surface area contributed by atoms with E-state index in [2.05, 4.69) is 23.8 Å². The van der Waals surface area contributed by atoms with Gasteiger partial charge in [0.15, 0.2) is 0 Å². The molecule has 0 radical (unpaired) electrons. The molecule has 0 bridgehead atoms. The zero-order chi connectivity index (χ0) is 15.9. The van der Waals surface area contributed by atoms with E-state index in [1.165, 1.54) is 0 Å². The lowest BCUT2D eigenvalue weighted by atomic mass is 9.99. The molecule has 0 aliphatic carbocycles. The molecular weight excluding hydrogens is 282 g/mol. The summed E-state index contributed by atoms with van der Waals surface area (Å²) in [6, 6.07) is 10.1. The zero-order valence-electron chi connectivity index (χ0n) is 13.9. The van der Waals surface area contributed by atoms with Gasteiger partial charge in [0.25, 0.3) is 0 Å². The summed E-state index contributed by atoms with van der Waals surface area (Å²) >= 11 is 0. The van der Waals surface area contributed by atoms with E-state index < -0.39 is 11.0 Å². The van der Waals surface area contributed by atoms with Crippen molar-refractivity contribution in [3.63, 3.8) is 0 Å². The third-order valence-corrected chi connectivity index (χ3v) is 4.85. The Morgan fingerprint density at radius 2 is 1.81 bits per heavy atom. The lowest BCUT2D eigenvalue weighted by molar-refractivity contribution is 0.0335. The largest absolute Gasteiger partial charge is 0.376 e. The van der Waals surface area contributed by atoms with Crippen molar-refractivity contribution in [3.8, 4) is 0 Å². The Hall–Kier alpha value is -0.710. The van der Waals surface area contributed by atoms with Crippen LogP contribution in [0.15, 0.2) is 30.3 Å². The van der Waals surface area contributed by atoms with Gasteiger partial charge >= 0.3 is 0 Å². The lowest BCUT2D eigenvalue weighted by Crippen LogP contribution is -2.41. The Kier molecular flexibility index (Phi) is 7.57. The average Bonchev–Trinajstić information content (AvgIpc) is 2.44. The quantitative estimate of drug-likeness (QED) is 0.788. The SMILES string of the molecule is CCC[C@H](OCC)[C@H](N[S@](=O)C(C)(C)C)c1ccccc1. The molecule has 1 rings (SSSR count). The molecule has 0 fully saturated rings. The van der Waals surface area contributed by atoms with Crippen LogP contribution in [0.25, 0.3) is 0 Å². The molecule has 3 nitrogen and oxygen atoms in total. The first-order chi connectivity index (χ1) is 9.90. The van der Waals surface area contributed by atoms with Crippen LogP contribution < -0.4 is 4.72 Å². The lowest BCUT2D eigenvalue weighted by Gasteiger charge is -2.30. The van der Waals surface area contributed by atoms with Crippen LogP contribution in [-0.4, -0.2) is 21.7 Å². The van der Waals surface area contributed by atoms with E-state index in [0.717, 1.165) is 18.4 Å². The highest BCUT2D eigenvalue weighted by molar-refractivity contribution is 7.84. The first kappa shape index (κ1) is 18.3. The number of hydrogen-bond donors (Lipinski definition) is 1. The van der Waals surface area contributed by atoms with Gasteiger partial charge < -0.3 is 4.74 Å². The van der Waals surface area contributed by atoms with E-state index in [-0.39, 0.29) is 16.9 Å². The fraction of sp³-hybridized carbons (Fsp3) is 0.647. The van der Waals surface area contributed by atoms with E-state index in [9.17, 15) is 4.21 Å². The van der Waals surface area contributed by atoms with Crippen LogP contribution in [0, 0.1) is 0 Å². The van der Waals surface area contributed by atoms with Gasteiger partial charge in [0.2, 0.25) is 0 Å². The maximum atomic E-state index is 12.5. The first-order valence-corrected chi connectivity index (χ1v) is 8.89. The van der Waals surface area contributed by atoms with E-state index >= 15 is 0 Å². The van der Waals surface area contributed by atoms with E-state index in [1.54, 1.807) is 0 Å². The van der Waals surface area contributed by atoms with Crippen molar-refractivity contribution in [2.24, 2.45) is 0 Å². The molecule has 3 atom stereocenters. The first-order valence-electron chi connectivity index (χ1n) is 7.74. The predicted octanol–water partition coefficient (Wildman–Crippen LogP) is 3.98. The molecule has 1 aromatic rings. The Labute approximate surface area is 132 Å². The molecule has 0 saturated heterocycles. The van der Waals surface area contributed by atoms with Gasteiger partial charge in [0.05, 0.1) is 27.9 Å². The van der Waals surface area contributed by atoms with Crippen LogP contribution in [0.4, 0.5) is 0 Å². The second kappa shape index (κ2) is 8.66. The molecule has 0 aliphatic rings. The summed E-state index contributed by atoms with van der Waals surface area (Å²) in [5.41, 5.74) is 1.13. The highest BCUT2D eigenvalue weighted by Gasteiger charge is 2.28. The van der Waals surface area contributed by atoms with Crippen molar-refractivity contribution in [2.45, 2.75) is 64.4 Å². The van der Waals surface area contributed by atoms with Crippen molar-refractivity contribution < 1.29 is 8.95 Å². The second-order valence-electron chi connectivity index (χ2n) is 6.17. The minimum atomic E-state index is -1.13. The molecule has 0 aromatic heterocycles. The molecule has 0 amide bonds. The average molecular weight is 311 g/mol. The third kappa shape index (κ3) is 5.89. The number of rotatable bonds is 8. The fourth-order valence-electron chi connectivity index (χ4n) is 2.16. The molecular formula is C17H29NO2S. The molecule has 120 valence electrons. The molecule has 0 spiro atoms. The summed E-state index contributed by atoms with van der Waals surface area (Å²) in [5, 5.41) is 0. The highest BCUT2D eigenvalue weighted by atomic mass is 32.2. The Morgan fingerprint density at radius 3 is 2.29 bits per heavy atom. The van der Waals surface area contributed by atoms with Gasteiger partial charge in [0, 0.05) is 6.61 Å². The van der Waals surface area contributed by atoms with Crippen LogP contribution in [-0.2, 0) is 15.7 Å². The molecule has 1 N–H and O–H groups in total. The van der Waals surface area contributed by atoms with Gasteiger partial charge in [-0.3, -0.25) is 0 Å². The molecule has 4 heteroatoms. The summed E-state index contributed by atoms with van der Waals surface area (Å²) in [4.78, 5) is 0. The standard InChI is InChI=1S/C17H29NO2S/c1-6-11-15(20-7-2)16(14-12-9-8-10-13-14)18-21(19)17(3,4)5/h8-10,12-13,15-16,18H,6-7,11H2,1-5H3/t15-,16+,21+/m0/s1.